The SMILES string of the molecule is C=N/C(=C\C(=N/COc1cc(F)c2[nH]c(C)cc2c1F)N1CCN(c2cccc(C(F)(F)F)c2)CC1)Nc1cc(C)[nH]n1.CC. The van der Waals surface area contributed by atoms with Crippen LogP contribution in [0.3, 0.4) is 0 Å². The first-order valence-electron chi connectivity index (χ1n) is 14.3. The summed E-state index contributed by atoms with van der Waals surface area (Å²) >= 11 is 0. The van der Waals surface area contributed by atoms with Gasteiger partial charge in [0.15, 0.2) is 29.9 Å². The minimum atomic E-state index is -4.44. The fraction of sp³-hybridized carbons (Fsp3) is 0.323. The van der Waals surface area contributed by atoms with Crippen LogP contribution in [0.4, 0.5) is 33.5 Å². The molecule has 45 heavy (non-hydrogen) atoms. The molecule has 0 radical (unpaired) electrons. The summed E-state index contributed by atoms with van der Waals surface area (Å²) in [7, 11) is 0. The number of aromatic amines is 2. The number of piperazine rings is 1. The Labute approximate surface area is 257 Å². The summed E-state index contributed by atoms with van der Waals surface area (Å²) in [5.41, 5.74) is 1.22. The molecule has 3 heterocycles. The molecular weight excluding hydrogens is 595 g/mol. The summed E-state index contributed by atoms with van der Waals surface area (Å²) in [5, 5.41) is 10.0. The quantitative estimate of drug-likeness (QED) is 0.110. The van der Waals surface area contributed by atoms with Gasteiger partial charge < -0.3 is 24.8 Å². The summed E-state index contributed by atoms with van der Waals surface area (Å²) < 4.78 is 74.9. The van der Waals surface area contributed by atoms with Gasteiger partial charge in [0.05, 0.1) is 11.1 Å². The number of rotatable bonds is 8. The Morgan fingerprint density at radius 2 is 1.80 bits per heavy atom. The lowest BCUT2D eigenvalue weighted by Crippen LogP contribution is -2.48. The second-order valence-electron chi connectivity index (χ2n) is 9.97. The molecule has 14 heteroatoms. The van der Waals surface area contributed by atoms with E-state index in [9.17, 15) is 17.6 Å². The maximum absolute atomic E-state index is 15.1. The monoisotopic (exact) mass is 630 g/mol. The number of fused-ring (bicyclic) bond motifs is 1. The van der Waals surface area contributed by atoms with E-state index in [1.165, 1.54) is 12.1 Å². The molecule has 0 bridgehead atoms. The molecule has 5 rings (SSSR count). The Morgan fingerprint density at radius 3 is 2.44 bits per heavy atom. The molecule has 0 aliphatic carbocycles. The zero-order chi connectivity index (χ0) is 32.7. The normalized spacial score (nSPS) is 14.3. The van der Waals surface area contributed by atoms with Crippen molar-refractivity contribution < 1.29 is 26.7 Å². The predicted molar refractivity (Wildman–Crippen MR) is 167 cm³/mol. The lowest BCUT2D eigenvalue weighted by molar-refractivity contribution is -0.137. The van der Waals surface area contributed by atoms with E-state index >= 15 is 4.39 Å². The number of aryl methyl sites for hydroxylation is 2. The van der Waals surface area contributed by atoms with Crippen LogP contribution in [-0.4, -0.2) is 65.5 Å². The van der Waals surface area contributed by atoms with Crippen LogP contribution in [-0.2, 0) is 6.18 Å². The van der Waals surface area contributed by atoms with Gasteiger partial charge in [-0.25, -0.2) is 18.8 Å². The topological polar surface area (TPSA) is 96.9 Å². The Balaban J connectivity index is 0.00000226. The highest BCUT2D eigenvalue weighted by atomic mass is 19.4. The molecule has 1 saturated heterocycles. The minimum Gasteiger partial charge on any atom is -0.468 e. The number of benzene rings is 2. The van der Waals surface area contributed by atoms with Gasteiger partial charge in [-0.2, -0.15) is 18.3 Å². The fourth-order valence-electron chi connectivity index (χ4n) is 4.77. The maximum atomic E-state index is 15.1. The van der Waals surface area contributed by atoms with Crippen LogP contribution >= 0.6 is 0 Å². The van der Waals surface area contributed by atoms with E-state index in [0.717, 1.165) is 23.9 Å². The molecule has 0 spiro atoms. The summed E-state index contributed by atoms with van der Waals surface area (Å²) in [4.78, 5) is 15.1. The second kappa shape index (κ2) is 14.3. The van der Waals surface area contributed by atoms with Gasteiger partial charge in [-0.15, -0.1) is 0 Å². The Morgan fingerprint density at radius 1 is 1.07 bits per heavy atom. The number of aromatic nitrogens is 3. The molecular formula is C31H35F5N8O. The largest absolute Gasteiger partial charge is 0.468 e. The molecule has 9 nitrogen and oxygen atoms in total. The zero-order valence-electron chi connectivity index (χ0n) is 25.4. The smallest absolute Gasteiger partial charge is 0.416 e. The number of hydrogen-bond donors (Lipinski definition) is 3. The highest BCUT2D eigenvalue weighted by Gasteiger charge is 2.31. The fourth-order valence-corrected chi connectivity index (χ4v) is 4.77. The van der Waals surface area contributed by atoms with E-state index in [1.807, 2.05) is 30.6 Å². The van der Waals surface area contributed by atoms with Crippen molar-refractivity contribution in [1.29, 1.82) is 0 Å². The van der Waals surface area contributed by atoms with E-state index < -0.39 is 23.4 Å². The van der Waals surface area contributed by atoms with Crippen LogP contribution < -0.4 is 15.0 Å². The maximum Gasteiger partial charge on any atom is 0.416 e. The van der Waals surface area contributed by atoms with E-state index in [0.29, 0.717) is 55.0 Å². The molecule has 2 aromatic carbocycles. The van der Waals surface area contributed by atoms with Crippen molar-refractivity contribution in [3.05, 3.63) is 82.9 Å². The number of H-pyrrole nitrogens is 2. The molecule has 1 aliphatic rings. The van der Waals surface area contributed by atoms with Crippen molar-refractivity contribution in [3.63, 3.8) is 0 Å². The molecule has 1 aliphatic heterocycles. The van der Waals surface area contributed by atoms with Gasteiger partial charge in [-0.1, -0.05) is 19.9 Å². The van der Waals surface area contributed by atoms with Crippen LogP contribution in [0.1, 0.15) is 30.8 Å². The average Bonchev–Trinajstić information content (AvgIpc) is 3.64. The Bertz CT molecular complexity index is 1680. The van der Waals surface area contributed by atoms with Crippen LogP contribution in [0.15, 0.2) is 64.3 Å². The van der Waals surface area contributed by atoms with Gasteiger partial charge in [0, 0.05) is 66.8 Å². The van der Waals surface area contributed by atoms with Gasteiger partial charge in [-0.05, 0) is 44.8 Å². The van der Waals surface area contributed by atoms with Crippen molar-refractivity contribution >= 4 is 35.0 Å². The van der Waals surface area contributed by atoms with Gasteiger partial charge >= 0.3 is 6.18 Å². The van der Waals surface area contributed by atoms with Crippen LogP contribution in [0, 0.1) is 25.5 Å². The van der Waals surface area contributed by atoms with Crippen molar-refractivity contribution in [1.82, 2.24) is 20.1 Å². The molecule has 0 unspecified atom stereocenters. The molecule has 2 aromatic heterocycles. The molecule has 240 valence electrons. The Hall–Kier alpha value is -4.88. The highest BCUT2D eigenvalue weighted by molar-refractivity contribution is 5.94. The van der Waals surface area contributed by atoms with E-state index in [4.69, 9.17) is 4.74 Å². The van der Waals surface area contributed by atoms with Crippen molar-refractivity contribution in [2.45, 2.75) is 33.9 Å². The summed E-state index contributed by atoms with van der Waals surface area (Å²) in [6, 6.07) is 9.41. The third-order valence-corrected chi connectivity index (χ3v) is 6.89. The lowest BCUT2D eigenvalue weighted by atomic mass is 10.1. The first kappa shape index (κ1) is 33.0. The Kier molecular flexibility index (Phi) is 10.5. The lowest BCUT2D eigenvalue weighted by Gasteiger charge is -2.37. The number of nitrogens with zero attached hydrogens (tertiary/aromatic N) is 5. The van der Waals surface area contributed by atoms with Crippen LogP contribution in [0.2, 0.25) is 0 Å². The first-order valence-corrected chi connectivity index (χ1v) is 14.3. The van der Waals surface area contributed by atoms with Gasteiger partial charge in [0.2, 0.25) is 0 Å². The molecule has 3 N–H and O–H groups in total. The zero-order valence-corrected chi connectivity index (χ0v) is 25.4. The number of ether oxygens (including phenoxy) is 1. The van der Waals surface area contributed by atoms with Crippen molar-refractivity contribution in [3.8, 4) is 5.75 Å². The third kappa shape index (κ3) is 7.99. The number of hydrogen-bond acceptors (Lipinski definition) is 6. The standard InChI is InChI=1S/C29H29F5N8O.C2H6/c1-17-11-21-27(31)23(14-22(30)28(21)37-17)43-16-36-26(15-24(35-3)38-25-12-18(2)39-40-25)42-9-7-41(8-10-42)20-6-4-5-19(13-20)29(32,33)34;1-2/h4-6,11-15,37H,3,7-10,16H2,1-2H3,(H2,38,39,40);1-2H3/b24-15+,36-26+;. The third-order valence-electron chi connectivity index (χ3n) is 6.89. The number of alkyl halides is 3. The molecule has 0 amide bonds. The van der Waals surface area contributed by atoms with E-state index in [1.54, 1.807) is 25.1 Å². The minimum absolute atomic E-state index is 0.0505. The van der Waals surface area contributed by atoms with Crippen LogP contribution in [0.5, 0.6) is 5.75 Å². The number of halogens is 5. The number of aliphatic imine (C=N–C) groups is 2. The van der Waals surface area contributed by atoms with Gasteiger partial charge in [0.1, 0.15) is 11.7 Å². The van der Waals surface area contributed by atoms with Gasteiger partial charge in [-0.3, -0.25) is 5.10 Å². The molecule has 0 atom stereocenters. The second-order valence-corrected chi connectivity index (χ2v) is 9.97. The summed E-state index contributed by atoms with van der Waals surface area (Å²) in [5.74, 6) is -0.471. The number of nitrogens with one attached hydrogen (secondary N) is 3. The van der Waals surface area contributed by atoms with Crippen molar-refractivity contribution in [2.75, 3.05) is 43.1 Å². The van der Waals surface area contributed by atoms with Gasteiger partial charge in [0.25, 0.3) is 0 Å². The number of anilines is 2. The first-order chi connectivity index (χ1) is 21.5. The molecule has 4 aromatic rings. The predicted octanol–water partition coefficient (Wildman–Crippen LogP) is 7.04. The summed E-state index contributed by atoms with van der Waals surface area (Å²) in [6.45, 7) is 12.4. The van der Waals surface area contributed by atoms with E-state index in [2.05, 4.69) is 37.2 Å². The van der Waals surface area contributed by atoms with E-state index in [-0.39, 0.29) is 23.4 Å². The molecule has 0 saturated carbocycles. The average molecular weight is 631 g/mol. The van der Waals surface area contributed by atoms with Crippen molar-refractivity contribution in [2.24, 2.45) is 9.98 Å². The molecule has 1 fully saturated rings. The number of amidine groups is 1. The highest BCUT2D eigenvalue weighted by Crippen LogP contribution is 2.32. The summed E-state index contributed by atoms with van der Waals surface area (Å²) in [6.07, 6.45) is -2.83. The van der Waals surface area contributed by atoms with Crippen LogP contribution in [0.25, 0.3) is 10.9 Å².